The van der Waals surface area contributed by atoms with E-state index in [1.807, 2.05) is 0 Å². The fourth-order valence-electron chi connectivity index (χ4n) is 2.41. The van der Waals surface area contributed by atoms with Crippen LogP contribution in [-0.2, 0) is 0 Å². The highest BCUT2D eigenvalue weighted by Gasteiger charge is 2.18. The molecule has 0 N–H and O–H groups in total. The van der Waals surface area contributed by atoms with E-state index in [1.54, 1.807) is 0 Å². The van der Waals surface area contributed by atoms with Crippen LogP contribution in [0, 0.1) is 6.92 Å². The molecule has 1 aliphatic rings. The number of allylic oxidation sites excluding steroid dienone is 1. The summed E-state index contributed by atoms with van der Waals surface area (Å²) in [5.74, 6) is 0. The number of rotatable bonds is 3. The Kier molecular flexibility index (Phi) is 3.72. The summed E-state index contributed by atoms with van der Waals surface area (Å²) in [4.78, 5) is 4.89. The van der Waals surface area contributed by atoms with Crippen molar-refractivity contribution >= 4 is 5.69 Å². The van der Waals surface area contributed by atoms with E-state index in [0.717, 1.165) is 32.6 Å². The Morgan fingerprint density at radius 3 is 2.41 bits per heavy atom. The second-order valence-electron chi connectivity index (χ2n) is 4.68. The summed E-state index contributed by atoms with van der Waals surface area (Å²) >= 11 is 0. The smallest absolute Gasteiger partial charge is 0.0397 e. The molecule has 1 aromatic carbocycles. The average molecular weight is 230 g/mol. The van der Waals surface area contributed by atoms with Crippen LogP contribution < -0.4 is 4.90 Å². The second-order valence-corrected chi connectivity index (χ2v) is 4.68. The molecule has 1 heterocycles. The summed E-state index contributed by atoms with van der Waals surface area (Å²) in [5.41, 5.74) is 4.03. The molecule has 0 saturated carbocycles. The van der Waals surface area contributed by atoms with Crippen LogP contribution in [0.1, 0.15) is 18.9 Å². The van der Waals surface area contributed by atoms with Crippen molar-refractivity contribution in [3.63, 3.8) is 0 Å². The molecule has 1 aliphatic heterocycles. The topological polar surface area (TPSA) is 6.48 Å². The molecule has 0 amide bonds. The number of hydrogen-bond donors (Lipinski definition) is 0. The summed E-state index contributed by atoms with van der Waals surface area (Å²) in [5, 5.41) is 0. The molecule has 1 saturated heterocycles. The molecule has 0 aromatic heterocycles. The van der Waals surface area contributed by atoms with Gasteiger partial charge in [-0.1, -0.05) is 31.7 Å². The van der Waals surface area contributed by atoms with Crippen LogP contribution in [0.2, 0.25) is 0 Å². The van der Waals surface area contributed by atoms with Crippen molar-refractivity contribution in [1.82, 2.24) is 4.90 Å². The average Bonchev–Trinajstić information content (AvgIpc) is 2.39. The van der Waals surface area contributed by atoms with Crippen molar-refractivity contribution in [2.45, 2.75) is 20.3 Å². The Morgan fingerprint density at radius 1 is 1.18 bits per heavy atom. The zero-order valence-electron chi connectivity index (χ0n) is 10.9. The summed E-state index contributed by atoms with van der Waals surface area (Å²) in [6.45, 7) is 12.9. The Labute approximate surface area is 105 Å². The van der Waals surface area contributed by atoms with Crippen LogP contribution >= 0.6 is 0 Å². The summed E-state index contributed by atoms with van der Waals surface area (Å²) in [6.07, 6.45) is 1.06. The minimum absolute atomic E-state index is 1.06. The van der Waals surface area contributed by atoms with Crippen molar-refractivity contribution in [3.8, 4) is 0 Å². The molecule has 0 radical (unpaired) electrons. The van der Waals surface area contributed by atoms with E-state index < -0.39 is 0 Å². The zero-order chi connectivity index (χ0) is 12.3. The number of benzene rings is 1. The third-order valence-corrected chi connectivity index (χ3v) is 3.59. The fraction of sp³-hybridized carbons (Fsp3) is 0.467. The lowest BCUT2D eigenvalue weighted by atomic mass is 10.1. The van der Waals surface area contributed by atoms with Crippen molar-refractivity contribution in [2.24, 2.45) is 0 Å². The Balaban J connectivity index is 2.00. The van der Waals surface area contributed by atoms with Crippen LogP contribution in [0.5, 0.6) is 0 Å². The van der Waals surface area contributed by atoms with Gasteiger partial charge in [0.15, 0.2) is 0 Å². The molecule has 92 valence electrons. The normalized spacial score (nSPS) is 16.1. The maximum Gasteiger partial charge on any atom is 0.0397 e. The molecule has 1 aromatic rings. The second kappa shape index (κ2) is 5.26. The van der Waals surface area contributed by atoms with Gasteiger partial charge in [0.1, 0.15) is 0 Å². The predicted molar refractivity (Wildman–Crippen MR) is 74.4 cm³/mol. The van der Waals surface area contributed by atoms with Crippen molar-refractivity contribution in [3.05, 3.63) is 42.1 Å². The predicted octanol–water partition coefficient (Wildman–Crippen LogP) is 3.04. The molecule has 17 heavy (non-hydrogen) atoms. The van der Waals surface area contributed by atoms with E-state index in [0.29, 0.717) is 0 Å². The van der Waals surface area contributed by atoms with Crippen LogP contribution in [0.4, 0.5) is 5.69 Å². The molecule has 2 rings (SSSR count). The van der Waals surface area contributed by atoms with Gasteiger partial charge in [0.05, 0.1) is 0 Å². The van der Waals surface area contributed by atoms with Gasteiger partial charge in [-0.05, 0) is 25.0 Å². The van der Waals surface area contributed by atoms with Gasteiger partial charge >= 0.3 is 0 Å². The first-order valence-electron chi connectivity index (χ1n) is 6.45. The minimum atomic E-state index is 1.06. The molecule has 0 atom stereocenters. The van der Waals surface area contributed by atoms with Gasteiger partial charge in [-0.15, -0.1) is 0 Å². The summed E-state index contributed by atoms with van der Waals surface area (Å²) in [6, 6.07) is 8.64. The number of anilines is 1. The van der Waals surface area contributed by atoms with Crippen molar-refractivity contribution in [2.75, 3.05) is 31.1 Å². The maximum absolute atomic E-state index is 4.12. The molecular formula is C15H22N2. The minimum Gasteiger partial charge on any atom is -0.372 e. The maximum atomic E-state index is 4.12. The number of para-hydroxylation sites is 1. The first-order chi connectivity index (χ1) is 8.22. The van der Waals surface area contributed by atoms with E-state index in [9.17, 15) is 0 Å². The van der Waals surface area contributed by atoms with E-state index in [1.165, 1.54) is 16.9 Å². The van der Waals surface area contributed by atoms with Gasteiger partial charge in [0.2, 0.25) is 0 Å². The summed E-state index contributed by atoms with van der Waals surface area (Å²) < 4.78 is 0. The molecule has 0 spiro atoms. The number of piperazine rings is 1. The first-order valence-corrected chi connectivity index (χ1v) is 6.45. The lowest BCUT2D eigenvalue weighted by Gasteiger charge is -2.38. The van der Waals surface area contributed by atoms with Crippen LogP contribution in [-0.4, -0.2) is 31.1 Å². The van der Waals surface area contributed by atoms with Gasteiger partial charge in [-0.25, -0.2) is 0 Å². The van der Waals surface area contributed by atoms with E-state index in [2.05, 4.69) is 54.5 Å². The standard InChI is InChI=1S/C15H22N2/c1-4-14(3)16-9-11-17(12-10-16)15-8-6-5-7-13(15)2/h5-8H,3-4,9-12H2,1-2H3. The van der Waals surface area contributed by atoms with E-state index in [-0.39, 0.29) is 0 Å². The first kappa shape index (κ1) is 12.0. The highest BCUT2D eigenvalue weighted by atomic mass is 15.3. The molecule has 0 bridgehead atoms. The Hall–Kier alpha value is -1.44. The third kappa shape index (κ3) is 2.63. The van der Waals surface area contributed by atoms with Crippen molar-refractivity contribution in [1.29, 1.82) is 0 Å². The molecule has 0 aliphatic carbocycles. The van der Waals surface area contributed by atoms with Crippen molar-refractivity contribution < 1.29 is 0 Å². The van der Waals surface area contributed by atoms with Gasteiger partial charge in [0.25, 0.3) is 0 Å². The van der Waals surface area contributed by atoms with Gasteiger partial charge in [0, 0.05) is 37.6 Å². The van der Waals surface area contributed by atoms with Gasteiger partial charge < -0.3 is 9.80 Å². The zero-order valence-corrected chi connectivity index (χ0v) is 10.9. The monoisotopic (exact) mass is 230 g/mol. The van der Waals surface area contributed by atoms with Gasteiger partial charge in [-0.2, -0.15) is 0 Å². The third-order valence-electron chi connectivity index (χ3n) is 3.59. The number of aryl methyl sites for hydroxylation is 1. The van der Waals surface area contributed by atoms with Crippen LogP contribution in [0.25, 0.3) is 0 Å². The van der Waals surface area contributed by atoms with Crippen LogP contribution in [0.15, 0.2) is 36.5 Å². The molecule has 2 heteroatoms. The highest BCUT2D eigenvalue weighted by molar-refractivity contribution is 5.53. The molecule has 2 nitrogen and oxygen atoms in total. The lowest BCUT2D eigenvalue weighted by molar-refractivity contribution is 0.315. The van der Waals surface area contributed by atoms with E-state index in [4.69, 9.17) is 0 Å². The highest BCUT2D eigenvalue weighted by Crippen LogP contribution is 2.21. The largest absolute Gasteiger partial charge is 0.372 e. The number of nitrogens with zero attached hydrogens (tertiary/aromatic N) is 2. The molecule has 1 fully saturated rings. The van der Waals surface area contributed by atoms with Gasteiger partial charge in [-0.3, -0.25) is 0 Å². The Bertz CT molecular complexity index is 390. The summed E-state index contributed by atoms with van der Waals surface area (Å²) in [7, 11) is 0. The SMILES string of the molecule is C=C(CC)N1CCN(c2ccccc2C)CC1. The fourth-order valence-corrected chi connectivity index (χ4v) is 2.41. The number of hydrogen-bond acceptors (Lipinski definition) is 2. The molecular weight excluding hydrogens is 208 g/mol. The van der Waals surface area contributed by atoms with E-state index >= 15 is 0 Å². The quantitative estimate of drug-likeness (QED) is 0.787. The lowest BCUT2D eigenvalue weighted by Crippen LogP contribution is -2.45. The Morgan fingerprint density at radius 2 is 1.82 bits per heavy atom. The molecule has 0 unspecified atom stereocenters. The van der Waals surface area contributed by atoms with Crippen LogP contribution in [0.3, 0.4) is 0 Å².